The smallest absolute Gasteiger partial charge is 0.385 e. The van der Waals surface area contributed by atoms with Gasteiger partial charge in [-0.25, -0.2) is 9.59 Å². The van der Waals surface area contributed by atoms with Gasteiger partial charge >= 0.3 is 17.7 Å². The number of esters is 2. The first-order chi connectivity index (χ1) is 14.5. The number of rotatable bonds is 6. The van der Waals surface area contributed by atoms with Crippen LogP contribution >= 0.6 is 0 Å². The summed E-state index contributed by atoms with van der Waals surface area (Å²) in [6.45, 7) is 7.90. The van der Waals surface area contributed by atoms with Gasteiger partial charge in [-0.05, 0) is 65.5 Å². The molecule has 7 nitrogen and oxygen atoms in total. The maximum atomic E-state index is 12.8. The molecule has 168 valence electrons. The standard InChI is InChI=1S/C24H30O7/c1-15(2)7-5-8-16(3)9-6-12-23(4)20(26)14-24(31-23)22(28)29-19-13-17(25)10-11-18(19)21(27)30-24/h7,9-11,13,20,25-26H,5-6,8,12,14H2,1-4H3/t20-,23+,24+/m0/s1. The third-order valence-electron chi connectivity index (χ3n) is 5.75. The van der Waals surface area contributed by atoms with E-state index in [1.807, 2.05) is 0 Å². The Balaban J connectivity index is 1.71. The lowest BCUT2D eigenvalue weighted by Crippen LogP contribution is -2.46. The number of fused-ring (bicyclic) bond motifs is 1. The monoisotopic (exact) mass is 430 g/mol. The number of phenols is 1. The zero-order valence-electron chi connectivity index (χ0n) is 18.4. The number of carbonyl (C=O) groups excluding carboxylic acids is 2. The summed E-state index contributed by atoms with van der Waals surface area (Å²) in [6.07, 6.45) is 6.04. The van der Waals surface area contributed by atoms with Crippen LogP contribution < -0.4 is 4.74 Å². The molecule has 3 atom stereocenters. The van der Waals surface area contributed by atoms with Crippen LogP contribution in [-0.2, 0) is 14.3 Å². The predicted octanol–water partition coefficient (Wildman–Crippen LogP) is 4.18. The average molecular weight is 430 g/mol. The van der Waals surface area contributed by atoms with Gasteiger partial charge in [-0.15, -0.1) is 0 Å². The van der Waals surface area contributed by atoms with E-state index < -0.39 is 29.4 Å². The maximum Gasteiger partial charge on any atom is 0.385 e. The highest BCUT2D eigenvalue weighted by Gasteiger charge is 2.62. The SMILES string of the molecule is CC(C)=CCCC(C)=CCC[C@@]1(C)O[C@@]2(C[C@@H]1O)OC(=O)c1ccc(O)cc1OC2=O. The summed E-state index contributed by atoms with van der Waals surface area (Å²) in [6, 6.07) is 3.78. The van der Waals surface area contributed by atoms with Gasteiger partial charge in [0.15, 0.2) is 0 Å². The number of allylic oxidation sites excluding steroid dienone is 4. The topological polar surface area (TPSA) is 102 Å². The van der Waals surface area contributed by atoms with E-state index in [1.165, 1.54) is 29.3 Å². The van der Waals surface area contributed by atoms with Crippen molar-refractivity contribution in [3.8, 4) is 11.5 Å². The number of aliphatic hydroxyl groups is 1. The Morgan fingerprint density at radius 2 is 1.94 bits per heavy atom. The van der Waals surface area contributed by atoms with Crippen LogP contribution in [0.15, 0.2) is 41.5 Å². The fourth-order valence-electron chi connectivity index (χ4n) is 3.85. The predicted molar refractivity (Wildman–Crippen MR) is 114 cm³/mol. The Bertz CT molecular complexity index is 928. The lowest BCUT2D eigenvalue weighted by molar-refractivity contribution is -0.230. The molecule has 0 amide bonds. The summed E-state index contributed by atoms with van der Waals surface area (Å²) < 4.78 is 16.6. The Labute approximate surface area is 182 Å². The molecule has 0 unspecified atom stereocenters. The summed E-state index contributed by atoms with van der Waals surface area (Å²) in [5.41, 5.74) is 1.44. The van der Waals surface area contributed by atoms with Gasteiger partial charge < -0.3 is 24.4 Å². The molecule has 1 aromatic rings. The summed E-state index contributed by atoms with van der Waals surface area (Å²) in [4.78, 5) is 25.4. The maximum absolute atomic E-state index is 12.8. The Kier molecular flexibility index (Phi) is 6.57. The quantitative estimate of drug-likeness (QED) is 0.397. The molecule has 2 aliphatic heterocycles. The van der Waals surface area contributed by atoms with Crippen molar-refractivity contribution in [1.82, 2.24) is 0 Å². The van der Waals surface area contributed by atoms with Crippen molar-refractivity contribution in [3.63, 3.8) is 0 Å². The first-order valence-corrected chi connectivity index (χ1v) is 10.5. The van der Waals surface area contributed by atoms with Crippen molar-refractivity contribution in [2.75, 3.05) is 0 Å². The van der Waals surface area contributed by atoms with E-state index in [4.69, 9.17) is 14.2 Å². The molecule has 31 heavy (non-hydrogen) atoms. The fourth-order valence-corrected chi connectivity index (χ4v) is 3.85. The van der Waals surface area contributed by atoms with Crippen molar-refractivity contribution in [1.29, 1.82) is 0 Å². The average Bonchev–Trinajstić information content (AvgIpc) is 2.87. The molecule has 1 spiro atoms. The Morgan fingerprint density at radius 1 is 1.19 bits per heavy atom. The second-order valence-electron chi connectivity index (χ2n) is 8.76. The first-order valence-electron chi connectivity index (χ1n) is 10.5. The minimum absolute atomic E-state index is 0.00430. The molecule has 2 aliphatic rings. The highest BCUT2D eigenvalue weighted by atomic mass is 16.8. The fraction of sp³-hybridized carbons (Fsp3) is 0.500. The molecule has 0 saturated carbocycles. The van der Waals surface area contributed by atoms with Gasteiger partial charge in [0.1, 0.15) is 17.1 Å². The molecule has 2 heterocycles. The van der Waals surface area contributed by atoms with Crippen LogP contribution in [0, 0.1) is 0 Å². The van der Waals surface area contributed by atoms with Crippen molar-refractivity contribution >= 4 is 11.9 Å². The lowest BCUT2D eigenvalue weighted by atomic mass is 9.92. The summed E-state index contributed by atoms with van der Waals surface area (Å²) in [5.74, 6) is -4.02. The molecule has 1 aromatic carbocycles. The number of hydrogen-bond donors (Lipinski definition) is 2. The van der Waals surface area contributed by atoms with Crippen LogP contribution in [0.5, 0.6) is 11.5 Å². The van der Waals surface area contributed by atoms with Crippen LogP contribution in [0.25, 0.3) is 0 Å². The molecule has 2 N–H and O–H groups in total. The molecule has 1 fully saturated rings. The van der Waals surface area contributed by atoms with E-state index in [2.05, 4.69) is 32.9 Å². The van der Waals surface area contributed by atoms with Crippen molar-refractivity contribution in [2.45, 2.75) is 77.3 Å². The van der Waals surface area contributed by atoms with Crippen LogP contribution in [0.4, 0.5) is 0 Å². The zero-order chi connectivity index (χ0) is 22.8. The molecular formula is C24H30O7. The van der Waals surface area contributed by atoms with E-state index in [-0.39, 0.29) is 23.5 Å². The van der Waals surface area contributed by atoms with Crippen LogP contribution in [0.2, 0.25) is 0 Å². The van der Waals surface area contributed by atoms with Gasteiger partial charge in [0, 0.05) is 6.07 Å². The summed E-state index contributed by atoms with van der Waals surface area (Å²) in [7, 11) is 0. The van der Waals surface area contributed by atoms with Gasteiger partial charge in [-0.1, -0.05) is 23.3 Å². The summed E-state index contributed by atoms with van der Waals surface area (Å²) >= 11 is 0. The third kappa shape index (κ3) is 4.99. The molecular weight excluding hydrogens is 400 g/mol. The van der Waals surface area contributed by atoms with Gasteiger partial charge in [0.05, 0.1) is 18.1 Å². The highest BCUT2D eigenvalue weighted by Crippen LogP contribution is 2.45. The van der Waals surface area contributed by atoms with Gasteiger partial charge in [-0.2, -0.15) is 0 Å². The second-order valence-corrected chi connectivity index (χ2v) is 8.76. The number of aromatic hydroxyl groups is 1. The van der Waals surface area contributed by atoms with E-state index in [0.717, 1.165) is 12.8 Å². The van der Waals surface area contributed by atoms with E-state index in [1.54, 1.807) is 6.92 Å². The number of carbonyl (C=O) groups is 2. The van der Waals surface area contributed by atoms with Gasteiger partial charge in [-0.3, -0.25) is 0 Å². The Morgan fingerprint density at radius 3 is 2.65 bits per heavy atom. The van der Waals surface area contributed by atoms with Crippen LogP contribution in [0.1, 0.15) is 70.2 Å². The van der Waals surface area contributed by atoms with Gasteiger partial charge in [0.25, 0.3) is 0 Å². The molecule has 0 aliphatic carbocycles. The van der Waals surface area contributed by atoms with Crippen molar-refractivity contribution in [3.05, 3.63) is 47.1 Å². The Hall–Kier alpha value is -2.64. The van der Waals surface area contributed by atoms with Gasteiger partial charge in [0.2, 0.25) is 0 Å². The molecule has 0 bridgehead atoms. The third-order valence-corrected chi connectivity index (χ3v) is 5.75. The van der Waals surface area contributed by atoms with Crippen LogP contribution in [0.3, 0.4) is 0 Å². The van der Waals surface area contributed by atoms with E-state index >= 15 is 0 Å². The zero-order valence-corrected chi connectivity index (χ0v) is 18.4. The highest BCUT2D eigenvalue weighted by molar-refractivity contribution is 5.98. The number of ether oxygens (including phenoxy) is 3. The molecule has 0 aromatic heterocycles. The normalized spacial score (nSPS) is 28.0. The second kappa shape index (κ2) is 8.85. The van der Waals surface area contributed by atoms with E-state index in [0.29, 0.717) is 12.8 Å². The molecule has 3 rings (SSSR count). The minimum atomic E-state index is -2.03. The number of benzene rings is 1. The molecule has 7 heteroatoms. The number of aliphatic hydroxyl groups excluding tert-OH is 1. The summed E-state index contributed by atoms with van der Waals surface area (Å²) in [5, 5.41) is 20.3. The molecule has 1 saturated heterocycles. The largest absolute Gasteiger partial charge is 0.508 e. The first kappa shape index (κ1) is 23.0. The van der Waals surface area contributed by atoms with Crippen LogP contribution in [-0.4, -0.2) is 39.6 Å². The minimum Gasteiger partial charge on any atom is -0.508 e. The number of phenolic OH excluding ortho intramolecular Hbond substituents is 1. The lowest BCUT2D eigenvalue weighted by Gasteiger charge is -2.30. The van der Waals surface area contributed by atoms with Crippen molar-refractivity contribution in [2.24, 2.45) is 0 Å². The number of hydrogen-bond acceptors (Lipinski definition) is 7. The van der Waals surface area contributed by atoms with Crippen molar-refractivity contribution < 1.29 is 34.0 Å². The molecule has 0 radical (unpaired) electrons. The van der Waals surface area contributed by atoms with E-state index in [9.17, 15) is 19.8 Å².